The maximum atomic E-state index is 12.8. The van der Waals surface area contributed by atoms with Crippen molar-refractivity contribution in [1.29, 1.82) is 0 Å². The summed E-state index contributed by atoms with van der Waals surface area (Å²) in [7, 11) is 0. The lowest BCUT2D eigenvalue weighted by molar-refractivity contribution is -0.407. The van der Waals surface area contributed by atoms with Gasteiger partial charge in [0, 0.05) is 17.3 Å². The molecule has 8 heterocycles. The Labute approximate surface area is 548 Å². The first-order valence-electron chi connectivity index (χ1n) is 33.5. The average molecular weight is 1370 g/mol. The molecule has 0 amide bonds. The summed E-state index contributed by atoms with van der Waals surface area (Å²) in [5.74, 6) is -2.75. The number of hydrogen-bond acceptors (Lipinski definition) is 32. The van der Waals surface area contributed by atoms with Crippen LogP contribution in [-0.2, 0) is 71.1 Å². The van der Waals surface area contributed by atoms with E-state index in [-0.39, 0.29) is 29.3 Å². The van der Waals surface area contributed by atoms with Crippen LogP contribution in [0.4, 0.5) is 0 Å². The van der Waals surface area contributed by atoms with E-state index in [1.807, 2.05) is 6.92 Å². The van der Waals surface area contributed by atoms with E-state index in [0.717, 1.165) is 32.1 Å². The van der Waals surface area contributed by atoms with E-state index in [9.17, 15) is 91.6 Å². The molecule has 95 heavy (non-hydrogen) atoms. The van der Waals surface area contributed by atoms with E-state index in [1.165, 1.54) is 18.1 Å². The van der Waals surface area contributed by atoms with Crippen LogP contribution in [-0.4, -0.2) is 322 Å². The summed E-state index contributed by atoms with van der Waals surface area (Å²) >= 11 is 0. The van der Waals surface area contributed by atoms with Crippen molar-refractivity contribution in [3.63, 3.8) is 0 Å². The molecule has 12 aliphatic rings. The normalized spacial score (nSPS) is 56.4. The van der Waals surface area contributed by atoms with E-state index < -0.39 is 245 Å². The van der Waals surface area contributed by atoms with E-state index in [4.69, 9.17) is 66.3 Å². The Kier molecular flexibility index (Phi) is 20.7. The molecule has 0 radical (unpaired) electrons. The lowest BCUT2D eigenvalue weighted by Gasteiger charge is -2.63. The molecule has 8 saturated heterocycles. The van der Waals surface area contributed by atoms with Crippen molar-refractivity contribution in [3.8, 4) is 0 Å². The molecular weight excluding hydrogens is 1270 g/mol. The monoisotopic (exact) mass is 1370 g/mol. The van der Waals surface area contributed by atoms with Crippen LogP contribution in [0.25, 0.3) is 0 Å². The first kappa shape index (κ1) is 72.8. The highest BCUT2D eigenvalue weighted by molar-refractivity contribution is 5.76. The largest absolute Gasteiger partial charge is 0.430 e. The smallest absolute Gasteiger partial charge is 0.314 e. The van der Waals surface area contributed by atoms with Gasteiger partial charge < -0.3 is 153 Å². The third-order valence-corrected chi connectivity index (χ3v) is 24.8. The Morgan fingerprint density at radius 3 is 1.68 bits per heavy atom. The van der Waals surface area contributed by atoms with E-state index in [0.29, 0.717) is 25.7 Å². The first-order valence-corrected chi connectivity index (χ1v) is 33.5. The highest BCUT2D eigenvalue weighted by Gasteiger charge is 2.76. The SMILES string of the molecule is C[C@@H]1O[C@@H](O[C@H]2[C@H](O[C@H]3[C@H](OC[C@H]4O[C@@H](O[C@H]5CC[C@]6(C)C7=C(CC[C@H]6[C@]5(C)CO)[C@]5(C)CC[C@@]6(O[C@@]8(C[C@H]6C)OC(=O)[C@H](C)[C@@H]8O)[C@@]5(C)CC7)[C@H](O)[C@@H](O)[C@@H]4O)OC[C@H](O)[C@@H]3O)O[C@H](CO)[C@@H](O)[C@H]2O[C@@H]2OC[C@H](O)[C@H](O)[C@H]2O[C@@H]2O[C@@H](CO)[C@H](O)[C@H]2O)[C@H](O)[C@H](O)[C@H]1O. The van der Waals surface area contributed by atoms with Crippen molar-refractivity contribution in [2.75, 3.05) is 39.6 Å². The number of aliphatic hydroxyl groups excluding tert-OH is 17. The van der Waals surface area contributed by atoms with Crippen molar-refractivity contribution in [3.05, 3.63) is 11.1 Å². The number of rotatable bonds is 16. The Morgan fingerprint density at radius 2 is 1.05 bits per heavy atom. The number of carbonyl (C=O) groups excluding carboxylic acids is 1. The predicted molar refractivity (Wildman–Crippen MR) is 311 cm³/mol. The van der Waals surface area contributed by atoms with Crippen LogP contribution in [0.5, 0.6) is 0 Å². The molecule has 4 aliphatic carbocycles. The summed E-state index contributed by atoms with van der Waals surface area (Å²) in [5.41, 5.74) is 0.0149. The van der Waals surface area contributed by atoms with Crippen LogP contribution in [0.15, 0.2) is 11.1 Å². The zero-order valence-electron chi connectivity index (χ0n) is 54.3. The van der Waals surface area contributed by atoms with Gasteiger partial charge in [-0.2, -0.15) is 0 Å². The zero-order valence-corrected chi connectivity index (χ0v) is 54.3. The fourth-order valence-corrected chi connectivity index (χ4v) is 18.8. The van der Waals surface area contributed by atoms with Gasteiger partial charge in [0.2, 0.25) is 5.79 Å². The third-order valence-electron chi connectivity index (χ3n) is 24.8. The lowest BCUT2D eigenvalue weighted by Crippen LogP contribution is -2.68. The molecule has 10 fully saturated rings. The second-order valence-corrected chi connectivity index (χ2v) is 29.9. The van der Waals surface area contributed by atoms with Crippen LogP contribution in [0.3, 0.4) is 0 Å². The fraction of sp³-hybridized carbons (Fsp3) is 0.952. The molecule has 0 aromatic carbocycles. The number of carbonyl (C=O) groups is 1. The van der Waals surface area contributed by atoms with Crippen LogP contribution in [0, 0.1) is 39.4 Å². The molecule has 38 atom stereocenters. The standard InChI is InChI=1S/C63H100O32/c1-23-16-63(50(80)24(2)51(81)94-63)95-62(23)15-14-60(6)27-8-9-33-58(4,26(27)10-13-61(60,62)7)12-11-34(59(33,5)22-66)89-53-45(79)42(76)39(73)32(88-53)21-84-55-47(36(70)28(67)19-82-55)92-57-49(93-52-44(78)41(75)35(69)25(3)85-52)46(40(74)31(18-65)87-57)90-56-48(37(71)29(68)20-83-56)91-54-43(77)38(72)30(17-64)86-54/h23-25,28-50,52-57,64-80H,8-22H2,1-7H3/t23-,24-,25+,28+,29+,30+,31-,32-,33-,34+,35+,36+,37+,38+,39-,40-,41-,42+,43-,44-,45-,46-,47-,48-,49-,50+,52+,53+,54+,55+,56+,57+,58-,59+,60+,61+,62+,63-/m1/s1. The molecular formula is C63H100O32. The summed E-state index contributed by atoms with van der Waals surface area (Å²) < 4.78 is 85.6. The van der Waals surface area contributed by atoms with Gasteiger partial charge >= 0.3 is 5.97 Å². The number of allylic oxidation sites excluding steroid dienone is 2. The topological polar surface area (TPSA) is 490 Å². The molecule has 12 rings (SSSR count). The minimum atomic E-state index is -2.06. The van der Waals surface area contributed by atoms with Crippen molar-refractivity contribution in [2.24, 2.45) is 39.4 Å². The van der Waals surface area contributed by atoms with Gasteiger partial charge in [-0.05, 0) is 87.9 Å². The Balaban J connectivity index is 0.761. The highest BCUT2D eigenvalue weighted by atomic mass is 16.8. The molecule has 0 aromatic heterocycles. The maximum Gasteiger partial charge on any atom is 0.314 e. The molecule has 0 aromatic rings. The summed E-state index contributed by atoms with van der Waals surface area (Å²) in [6.07, 6.45) is -44.6. The summed E-state index contributed by atoms with van der Waals surface area (Å²) in [6.45, 7) is 9.93. The Morgan fingerprint density at radius 1 is 0.505 bits per heavy atom. The van der Waals surface area contributed by atoms with E-state index in [2.05, 4.69) is 27.7 Å². The zero-order chi connectivity index (χ0) is 68.7. The Hall–Kier alpha value is -1.99. The first-order chi connectivity index (χ1) is 44.8. The Bertz CT molecular complexity index is 2740. The average Bonchev–Trinajstić information content (AvgIpc) is 1.53. The van der Waals surface area contributed by atoms with Crippen molar-refractivity contribution >= 4 is 5.97 Å². The number of fused-ring (bicyclic) bond motifs is 5. The summed E-state index contributed by atoms with van der Waals surface area (Å²) in [5, 5.41) is 189. The van der Waals surface area contributed by atoms with E-state index >= 15 is 0 Å². The second-order valence-electron chi connectivity index (χ2n) is 29.9. The highest BCUT2D eigenvalue weighted by Crippen LogP contribution is 2.76. The van der Waals surface area contributed by atoms with Gasteiger partial charge in [-0.3, -0.25) is 4.79 Å². The van der Waals surface area contributed by atoms with Gasteiger partial charge in [-0.15, -0.1) is 0 Å². The van der Waals surface area contributed by atoms with Gasteiger partial charge in [0.15, 0.2) is 37.7 Å². The molecule has 32 nitrogen and oxygen atoms in total. The van der Waals surface area contributed by atoms with Gasteiger partial charge in [-0.1, -0.05) is 45.8 Å². The van der Waals surface area contributed by atoms with Gasteiger partial charge in [0.25, 0.3) is 0 Å². The van der Waals surface area contributed by atoms with E-state index in [1.54, 1.807) is 6.92 Å². The summed E-state index contributed by atoms with van der Waals surface area (Å²) in [4.78, 5) is 12.8. The molecule has 8 aliphatic heterocycles. The number of aliphatic hydroxyl groups is 17. The number of ether oxygens (including phenoxy) is 14. The molecule has 0 unspecified atom stereocenters. The van der Waals surface area contributed by atoms with Crippen molar-refractivity contribution < 1.29 is 158 Å². The molecule has 2 spiro atoms. The molecule has 2 saturated carbocycles. The van der Waals surface area contributed by atoms with Gasteiger partial charge in [0.05, 0.1) is 63.4 Å². The predicted octanol–water partition coefficient (Wildman–Crippen LogP) is -5.61. The number of esters is 1. The number of hydrogen-bond donors (Lipinski definition) is 17. The molecule has 544 valence electrons. The quantitative estimate of drug-likeness (QED) is 0.0506. The second kappa shape index (κ2) is 27.0. The third kappa shape index (κ3) is 11.7. The lowest BCUT2D eigenvalue weighted by atomic mass is 9.42. The molecule has 17 N–H and O–H groups in total. The van der Waals surface area contributed by atoms with Crippen LogP contribution in [0.1, 0.15) is 106 Å². The van der Waals surface area contributed by atoms with Crippen molar-refractivity contribution in [2.45, 2.75) is 296 Å². The van der Waals surface area contributed by atoms with Gasteiger partial charge in [-0.25, -0.2) is 0 Å². The van der Waals surface area contributed by atoms with Crippen molar-refractivity contribution in [1.82, 2.24) is 0 Å². The molecule has 0 bridgehead atoms. The van der Waals surface area contributed by atoms with Crippen LogP contribution in [0.2, 0.25) is 0 Å². The minimum Gasteiger partial charge on any atom is -0.430 e. The minimum absolute atomic E-state index is 0.0182. The molecule has 32 heteroatoms. The maximum absolute atomic E-state index is 12.8. The van der Waals surface area contributed by atoms with Crippen LogP contribution >= 0.6 is 0 Å². The van der Waals surface area contributed by atoms with Crippen LogP contribution < -0.4 is 0 Å². The fourth-order valence-electron chi connectivity index (χ4n) is 18.8. The van der Waals surface area contributed by atoms with Gasteiger partial charge in [0.1, 0.15) is 128 Å². The summed E-state index contributed by atoms with van der Waals surface area (Å²) in [6, 6.07) is 0.